The van der Waals surface area contributed by atoms with Crippen LogP contribution in [0.25, 0.3) is 0 Å². The Labute approximate surface area is 160 Å². The minimum atomic E-state index is -0.826. The highest BCUT2D eigenvalue weighted by atomic mass is 16.5. The molecule has 0 aromatic heterocycles. The van der Waals surface area contributed by atoms with Gasteiger partial charge in [0.2, 0.25) is 5.91 Å². The molecule has 0 spiro atoms. The number of hydrogen-bond donors (Lipinski definition) is 2. The molecule has 0 saturated carbocycles. The van der Waals surface area contributed by atoms with Gasteiger partial charge in [0.25, 0.3) is 0 Å². The van der Waals surface area contributed by atoms with Crippen LogP contribution < -0.4 is 10.6 Å². The lowest BCUT2D eigenvalue weighted by atomic mass is 10.0. The van der Waals surface area contributed by atoms with Crippen molar-refractivity contribution in [2.45, 2.75) is 52.8 Å². The SMILES string of the molecule is COC(=O)[C@H](CC(C)C)NC(=O)[C@H](NC(=O)OCc1ccccc1)C(C)C. The predicted molar refractivity (Wildman–Crippen MR) is 102 cm³/mol. The maximum absolute atomic E-state index is 12.6. The lowest BCUT2D eigenvalue weighted by Gasteiger charge is -2.25. The molecule has 0 heterocycles. The van der Waals surface area contributed by atoms with E-state index in [1.807, 2.05) is 44.2 Å². The molecular formula is C20H30N2O5. The number of alkyl carbamates (subject to hydrolysis) is 1. The molecular weight excluding hydrogens is 348 g/mol. The van der Waals surface area contributed by atoms with E-state index >= 15 is 0 Å². The second-order valence-electron chi connectivity index (χ2n) is 7.14. The Morgan fingerprint density at radius 1 is 1.00 bits per heavy atom. The summed E-state index contributed by atoms with van der Waals surface area (Å²) < 4.78 is 9.93. The lowest BCUT2D eigenvalue weighted by molar-refractivity contribution is -0.145. The highest BCUT2D eigenvalue weighted by Gasteiger charge is 2.30. The Morgan fingerprint density at radius 2 is 1.63 bits per heavy atom. The molecule has 7 nitrogen and oxygen atoms in total. The van der Waals surface area contributed by atoms with Crippen molar-refractivity contribution in [3.05, 3.63) is 35.9 Å². The molecule has 2 N–H and O–H groups in total. The van der Waals surface area contributed by atoms with Crippen LogP contribution >= 0.6 is 0 Å². The summed E-state index contributed by atoms with van der Waals surface area (Å²) in [5, 5.41) is 5.25. The first kappa shape index (κ1) is 22.5. The maximum Gasteiger partial charge on any atom is 0.408 e. The number of hydrogen-bond acceptors (Lipinski definition) is 5. The third-order valence-corrected chi connectivity index (χ3v) is 3.94. The molecule has 1 rings (SSSR count). The van der Waals surface area contributed by atoms with Gasteiger partial charge in [-0.2, -0.15) is 0 Å². The molecule has 7 heteroatoms. The zero-order chi connectivity index (χ0) is 20.4. The van der Waals surface area contributed by atoms with Crippen molar-refractivity contribution >= 4 is 18.0 Å². The number of methoxy groups -OCH3 is 1. The van der Waals surface area contributed by atoms with Crippen LogP contribution in [0.4, 0.5) is 4.79 Å². The molecule has 1 aromatic rings. The highest BCUT2D eigenvalue weighted by molar-refractivity contribution is 5.89. The van der Waals surface area contributed by atoms with Gasteiger partial charge in [-0.1, -0.05) is 58.0 Å². The van der Waals surface area contributed by atoms with Gasteiger partial charge in [0.1, 0.15) is 18.7 Å². The van der Waals surface area contributed by atoms with Gasteiger partial charge in [-0.15, -0.1) is 0 Å². The van der Waals surface area contributed by atoms with Gasteiger partial charge in [0.15, 0.2) is 0 Å². The summed E-state index contributed by atoms with van der Waals surface area (Å²) in [6, 6.07) is 7.67. The van der Waals surface area contributed by atoms with Crippen LogP contribution in [0.2, 0.25) is 0 Å². The summed E-state index contributed by atoms with van der Waals surface area (Å²) in [6.07, 6.45) is -0.243. The van der Waals surface area contributed by atoms with Crippen LogP contribution in [-0.2, 0) is 25.7 Å². The first-order valence-corrected chi connectivity index (χ1v) is 9.10. The number of amides is 2. The minimum absolute atomic E-state index is 0.108. The van der Waals surface area contributed by atoms with E-state index in [2.05, 4.69) is 10.6 Å². The van der Waals surface area contributed by atoms with Crippen LogP contribution in [0, 0.1) is 11.8 Å². The second-order valence-corrected chi connectivity index (χ2v) is 7.14. The Bertz CT molecular complexity index is 616. The fraction of sp³-hybridized carbons (Fsp3) is 0.550. The van der Waals surface area contributed by atoms with Crippen molar-refractivity contribution in [1.29, 1.82) is 0 Å². The summed E-state index contributed by atoms with van der Waals surface area (Å²) in [7, 11) is 1.28. The number of nitrogens with one attached hydrogen (secondary N) is 2. The molecule has 0 fully saturated rings. The molecule has 0 saturated heterocycles. The molecule has 2 atom stereocenters. The monoisotopic (exact) mass is 378 g/mol. The fourth-order valence-corrected chi connectivity index (χ4v) is 2.52. The van der Waals surface area contributed by atoms with Crippen molar-refractivity contribution in [1.82, 2.24) is 10.6 Å². The van der Waals surface area contributed by atoms with Gasteiger partial charge < -0.3 is 20.1 Å². The molecule has 27 heavy (non-hydrogen) atoms. The first-order valence-electron chi connectivity index (χ1n) is 9.10. The van der Waals surface area contributed by atoms with Gasteiger partial charge in [-0.3, -0.25) is 4.79 Å². The van der Waals surface area contributed by atoms with Crippen molar-refractivity contribution in [2.75, 3.05) is 7.11 Å². The Morgan fingerprint density at radius 3 is 2.15 bits per heavy atom. The van der Waals surface area contributed by atoms with E-state index in [0.29, 0.717) is 6.42 Å². The van der Waals surface area contributed by atoms with E-state index in [1.165, 1.54) is 7.11 Å². The minimum Gasteiger partial charge on any atom is -0.467 e. The van der Waals surface area contributed by atoms with Crippen molar-refractivity contribution in [3.63, 3.8) is 0 Å². The van der Waals surface area contributed by atoms with E-state index < -0.39 is 30.1 Å². The van der Waals surface area contributed by atoms with Crippen molar-refractivity contribution in [2.24, 2.45) is 11.8 Å². The summed E-state index contributed by atoms with van der Waals surface area (Å²) >= 11 is 0. The van der Waals surface area contributed by atoms with Crippen LogP contribution in [0.3, 0.4) is 0 Å². The van der Waals surface area contributed by atoms with Gasteiger partial charge >= 0.3 is 12.1 Å². The van der Waals surface area contributed by atoms with Crippen LogP contribution in [0.5, 0.6) is 0 Å². The summed E-state index contributed by atoms with van der Waals surface area (Å²) in [5.41, 5.74) is 0.848. The molecule has 0 unspecified atom stereocenters. The van der Waals surface area contributed by atoms with Crippen LogP contribution in [-0.4, -0.2) is 37.2 Å². The standard InChI is InChI=1S/C20H30N2O5/c1-13(2)11-16(19(24)26-5)21-18(23)17(14(3)4)22-20(25)27-12-15-9-7-6-8-10-15/h6-10,13-14,16-17H,11-12H2,1-5H3,(H,21,23)(H,22,25)/t16-,17+/m0/s1. The number of ether oxygens (including phenoxy) is 2. The fourth-order valence-electron chi connectivity index (χ4n) is 2.52. The number of carbonyl (C=O) groups excluding carboxylic acids is 3. The second kappa shape index (κ2) is 11.2. The molecule has 2 amide bonds. The van der Waals surface area contributed by atoms with Gasteiger partial charge in [0, 0.05) is 0 Å². The number of carbonyl (C=O) groups is 3. The highest BCUT2D eigenvalue weighted by Crippen LogP contribution is 2.09. The van der Waals surface area contributed by atoms with E-state index in [-0.39, 0.29) is 18.4 Å². The molecule has 150 valence electrons. The quantitative estimate of drug-likeness (QED) is 0.644. The van der Waals surface area contributed by atoms with Crippen LogP contribution in [0.1, 0.15) is 39.7 Å². The van der Waals surface area contributed by atoms with Crippen molar-refractivity contribution < 1.29 is 23.9 Å². The Hall–Kier alpha value is -2.57. The van der Waals surface area contributed by atoms with Crippen molar-refractivity contribution in [3.8, 4) is 0 Å². The van der Waals surface area contributed by atoms with Gasteiger partial charge in [0.05, 0.1) is 7.11 Å². The predicted octanol–water partition coefficient (Wildman–Crippen LogP) is 2.64. The maximum atomic E-state index is 12.6. The van der Waals surface area contributed by atoms with E-state index in [9.17, 15) is 14.4 Å². The third kappa shape index (κ3) is 8.11. The van der Waals surface area contributed by atoms with Crippen LogP contribution in [0.15, 0.2) is 30.3 Å². The molecule has 0 aliphatic rings. The Balaban J connectivity index is 2.68. The van der Waals surface area contributed by atoms with E-state index in [1.54, 1.807) is 13.8 Å². The largest absolute Gasteiger partial charge is 0.467 e. The average Bonchev–Trinajstić information content (AvgIpc) is 2.63. The number of esters is 1. The normalized spacial score (nSPS) is 13.0. The number of rotatable bonds is 9. The zero-order valence-corrected chi connectivity index (χ0v) is 16.7. The first-order chi connectivity index (χ1) is 12.7. The molecule has 0 bridgehead atoms. The lowest BCUT2D eigenvalue weighted by Crippen LogP contribution is -2.54. The summed E-state index contributed by atoms with van der Waals surface area (Å²) in [6.45, 7) is 7.61. The Kier molecular flexibility index (Phi) is 9.33. The summed E-state index contributed by atoms with van der Waals surface area (Å²) in [5.74, 6) is -0.953. The van der Waals surface area contributed by atoms with E-state index in [4.69, 9.17) is 9.47 Å². The van der Waals surface area contributed by atoms with Gasteiger partial charge in [-0.05, 0) is 23.8 Å². The molecule has 0 aliphatic heterocycles. The molecule has 1 aromatic carbocycles. The number of benzene rings is 1. The molecule has 0 aliphatic carbocycles. The van der Waals surface area contributed by atoms with Gasteiger partial charge in [-0.25, -0.2) is 9.59 Å². The summed E-state index contributed by atoms with van der Waals surface area (Å²) in [4.78, 5) is 36.6. The van der Waals surface area contributed by atoms with E-state index in [0.717, 1.165) is 5.56 Å². The zero-order valence-electron chi connectivity index (χ0n) is 16.7. The smallest absolute Gasteiger partial charge is 0.408 e. The topological polar surface area (TPSA) is 93.7 Å². The molecule has 0 radical (unpaired) electrons. The third-order valence-electron chi connectivity index (χ3n) is 3.94. The average molecular weight is 378 g/mol.